The molecule has 2 fully saturated rings. The number of hydrogen-bond acceptors (Lipinski definition) is 5. The van der Waals surface area contributed by atoms with Crippen LogP contribution in [-0.2, 0) is 16.1 Å². The van der Waals surface area contributed by atoms with Crippen LogP contribution < -0.4 is 10.2 Å². The summed E-state index contributed by atoms with van der Waals surface area (Å²) in [4.78, 5) is 31.9. The quantitative estimate of drug-likeness (QED) is 0.622. The monoisotopic (exact) mass is 444 g/mol. The minimum atomic E-state index is -0.0242. The second kappa shape index (κ2) is 11.3. The van der Waals surface area contributed by atoms with Crippen molar-refractivity contribution in [3.63, 3.8) is 0 Å². The minimum Gasteiger partial charge on any atom is -0.356 e. The summed E-state index contributed by atoms with van der Waals surface area (Å²) < 4.78 is 1.89. The first-order chi connectivity index (χ1) is 15.6. The van der Waals surface area contributed by atoms with Gasteiger partial charge in [-0.2, -0.15) is 5.10 Å². The van der Waals surface area contributed by atoms with Crippen LogP contribution in [0.15, 0.2) is 6.07 Å². The molecule has 8 nitrogen and oxygen atoms in total. The minimum absolute atomic E-state index is 0.0116. The molecule has 0 aliphatic carbocycles. The first-order valence-electron chi connectivity index (χ1n) is 12.7. The average Bonchev–Trinajstić information content (AvgIpc) is 3.21. The molecule has 3 aliphatic heterocycles. The fourth-order valence-electron chi connectivity index (χ4n) is 5.43. The van der Waals surface area contributed by atoms with Gasteiger partial charge in [-0.25, -0.2) is 4.68 Å². The smallest absolute Gasteiger partial charge is 0.228 e. The molecule has 0 aromatic carbocycles. The van der Waals surface area contributed by atoms with E-state index in [9.17, 15) is 9.59 Å². The molecule has 3 aliphatic rings. The van der Waals surface area contributed by atoms with E-state index in [2.05, 4.69) is 20.2 Å². The van der Waals surface area contributed by atoms with Crippen LogP contribution in [-0.4, -0.2) is 83.2 Å². The van der Waals surface area contributed by atoms with Crippen molar-refractivity contribution in [1.82, 2.24) is 24.9 Å². The maximum atomic E-state index is 12.6. The van der Waals surface area contributed by atoms with Crippen molar-refractivity contribution in [2.24, 2.45) is 0 Å². The molecule has 1 N–H and O–H groups in total. The molecule has 0 bridgehead atoms. The van der Waals surface area contributed by atoms with Gasteiger partial charge in [0.1, 0.15) is 5.82 Å². The number of anilines is 1. The highest BCUT2D eigenvalue weighted by Crippen LogP contribution is 2.23. The summed E-state index contributed by atoms with van der Waals surface area (Å²) in [5, 5.41) is 7.43. The number of carbonyl (C=O) groups excluding carboxylic acids is 2. The fraction of sp³-hybridized carbons (Fsp3) is 0.792. The Labute approximate surface area is 192 Å². The normalized spacial score (nSPS) is 20.8. The van der Waals surface area contributed by atoms with E-state index in [0.717, 1.165) is 43.5 Å². The van der Waals surface area contributed by atoms with Gasteiger partial charge in [-0.05, 0) is 78.2 Å². The molecule has 2 saturated heterocycles. The molecule has 0 saturated carbocycles. The Kier molecular flexibility index (Phi) is 8.19. The van der Waals surface area contributed by atoms with Crippen LogP contribution in [0.3, 0.4) is 0 Å². The summed E-state index contributed by atoms with van der Waals surface area (Å²) in [7, 11) is 0. The third-order valence-corrected chi connectivity index (χ3v) is 7.21. The number of nitrogens with zero attached hydrogens (tertiary/aromatic N) is 5. The summed E-state index contributed by atoms with van der Waals surface area (Å²) in [6.07, 6.45) is 9.08. The second-order valence-corrected chi connectivity index (χ2v) is 9.64. The van der Waals surface area contributed by atoms with E-state index in [0.29, 0.717) is 13.1 Å². The Hall–Kier alpha value is -1.93. The number of carbonyl (C=O) groups is 2. The number of fused-ring (bicyclic) bond motifs is 1. The molecule has 0 radical (unpaired) electrons. The standard InChI is InChI=1S/C24H40N6O2/c1-20-19-23-29(15-6-16-30(23)26-20)24(32)8-7-22(31)25-11-5-12-27-17-9-21(10-18-27)28-13-3-2-4-14-28/h19,21H,2-18H2,1H3,(H,25,31). The van der Waals surface area contributed by atoms with Gasteiger partial charge in [0.2, 0.25) is 11.8 Å². The number of piperidine rings is 2. The van der Waals surface area contributed by atoms with Gasteiger partial charge in [-0.15, -0.1) is 0 Å². The maximum absolute atomic E-state index is 12.6. The van der Waals surface area contributed by atoms with E-state index in [1.54, 1.807) is 4.90 Å². The van der Waals surface area contributed by atoms with Crippen LogP contribution >= 0.6 is 0 Å². The molecule has 0 spiro atoms. The lowest BCUT2D eigenvalue weighted by Crippen LogP contribution is -2.47. The molecule has 0 atom stereocenters. The summed E-state index contributed by atoms with van der Waals surface area (Å²) in [5.74, 6) is 0.852. The molecule has 4 heterocycles. The summed E-state index contributed by atoms with van der Waals surface area (Å²) in [6.45, 7) is 10.2. The van der Waals surface area contributed by atoms with Crippen LogP contribution in [0.2, 0.25) is 0 Å². The van der Waals surface area contributed by atoms with Crippen LogP contribution in [0.5, 0.6) is 0 Å². The molecule has 1 aromatic heterocycles. The molecular weight excluding hydrogens is 404 g/mol. The van der Waals surface area contributed by atoms with Gasteiger partial charge in [-0.1, -0.05) is 6.42 Å². The number of aromatic nitrogens is 2. The number of amides is 2. The molecule has 4 rings (SSSR count). The van der Waals surface area contributed by atoms with Gasteiger partial charge in [0.15, 0.2) is 0 Å². The van der Waals surface area contributed by atoms with Gasteiger partial charge in [0, 0.05) is 44.6 Å². The SMILES string of the molecule is Cc1cc2n(n1)CCCN2C(=O)CCC(=O)NCCCN1CCC(N2CCCCC2)CC1. The first-order valence-corrected chi connectivity index (χ1v) is 12.7. The van der Waals surface area contributed by atoms with Gasteiger partial charge in [0.25, 0.3) is 0 Å². The van der Waals surface area contributed by atoms with Crippen LogP contribution in [0.4, 0.5) is 5.82 Å². The van der Waals surface area contributed by atoms with Crippen molar-refractivity contribution in [1.29, 1.82) is 0 Å². The number of likely N-dealkylation sites (tertiary alicyclic amines) is 2. The van der Waals surface area contributed by atoms with Gasteiger partial charge in [0.05, 0.1) is 5.69 Å². The van der Waals surface area contributed by atoms with Gasteiger partial charge < -0.3 is 15.1 Å². The van der Waals surface area contributed by atoms with E-state index in [-0.39, 0.29) is 24.7 Å². The molecule has 8 heteroatoms. The number of rotatable bonds is 8. The molecule has 2 amide bonds. The van der Waals surface area contributed by atoms with E-state index in [4.69, 9.17) is 0 Å². The highest BCUT2D eigenvalue weighted by molar-refractivity contribution is 5.95. The van der Waals surface area contributed by atoms with Crippen molar-refractivity contribution >= 4 is 17.6 Å². The predicted molar refractivity (Wildman–Crippen MR) is 126 cm³/mol. The number of aryl methyl sites for hydroxylation is 2. The Bertz CT molecular complexity index is 765. The number of hydrogen-bond donors (Lipinski definition) is 1. The largest absolute Gasteiger partial charge is 0.356 e. The second-order valence-electron chi connectivity index (χ2n) is 9.64. The Morgan fingerprint density at radius 2 is 1.78 bits per heavy atom. The molecule has 178 valence electrons. The zero-order chi connectivity index (χ0) is 22.3. The van der Waals surface area contributed by atoms with Crippen molar-refractivity contribution in [3.05, 3.63) is 11.8 Å². The average molecular weight is 445 g/mol. The highest BCUT2D eigenvalue weighted by Gasteiger charge is 2.26. The Morgan fingerprint density at radius 3 is 2.56 bits per heavy atom. The zero-order valence-corrected chi connectivity index (χ0v) is 19.7. The predicted octanol–water partition coefficient (Wildman–Crippen LogP) is 2.17. The van der Waals surface area contributed by atoms with Crippen molar-refractivity contribution < 1.29 is 9.59 Å². The van der Waals surface area contributed by atoms with Crippen molar-refractivity contribution in [2.75, 3.05) is 50.7 Å². The number of nitrogens with one attached hydrogen (secondary N) is 1. The van der Waals surface area contributed by atoms with E-state index >= 15 is 0 Å². The fourth-order valence-corrected chi connectivity index (χ4v) is 5.43. The van der Waals surface area contributed by atoms with Crippen LogP contribution in [0, 0.1) is 6.92 Å². The van der Waals surface area contributed by atoms with Gasteiger partial charge >= 0.3 is 0 Å². The van der Waals surface area contributed by atoms with Crippen molar-refractivity contribution in [2.45, 2.75) is 77.3 Å². The topological polar surface area (TPSA) is 73.7 Å². The van der Waals surface area contributed by atoms with E-state index < -0.39 is 0 Å². The van der Waals surface area contributed by atoms with Crippen LogP contribution in [0.1, 0.15) is 63.5 Å². The summed E-state index contributed by atoms with van der Waals surface area (Å²) in [5.41, 5.74) is 0.924. The highest BCUT2D eigenvalue weighted by atomic mass is 16.2. The van der Waals surface area contributed by atoms with E-state index in [1.165, 1.54) is 58.3 Å². The molecule has 1 aromatic rings. The molecule has 0 unspecified atom stereocenters. The zero-order valence-electron chi connectivity index (χ0n) is 19.7. The van der Waals surface area contributed by atoms with E-state index in [1.807, 2.05) is 17.7 Å². The third-order valence-electron chi connectivity index (χ3n) is 7.21. The van der Waals surface area contributed by atoms with Crippen LogP contribution in [0.25, 0.3) is 0 Å². The summed E-state index contributed by atoms with van der Waals surface area (Å²) >= 11 is 0. The lowest BCUT2D eigenvalue weighted by atomic mass is 10.00. The van der Waals surface area contributed by atoms with Crippen molar-refractivity contribution in [3.8, 4) is 0 Å². The third kappa shape index (κ3) is 6.10. The Balaban J connectivity index is 1.08. The lowest BCUT2D eigenvalue weighted by Gasteiger charge is -2.40. The Morgan fingerprint density at radius 1 is 1.00 bits per heavy atom. The molecule has 32 heavy (non-hydrogen) atoms. The summed E-state index contributed by atoms with van der Waals surface area (Å²) in [6, 6.07) is 2.73. The van der Waals surface area contributed by atoms with Gasteiger partial charge in [-0.3, -0.25) is 14.5 Å². The first kappa shape index (κ1) is 23.2. The molecular formula is C24H40N6O2. The maximum Gasteiger partial charge on any atom is 0.228 e. The lowest BCUT2D eigenvalue weighted by molar-refractivity contribution is -0.125.